The fourth-order valence-electron chi connectivity index (χ4n) is 3.56. The van der Waals surface area contributed by atoms with E-state index in [1.807, 2.05) is 84.9 Å². The van der Waals surface area contributed by atoms with Gasteiger partial charge in [0.05, 0.1) is 23.8 Å². The minimum absolute atomic E-state index is 0.460. The number of aliphatic hydroxyl groups is 2. The van der Waals surface area contributed by atoms with Gasteiger partial charge in [-0.2, -0.15) is 5.26 Å². The highest BCUT2D eigenvalue weighted by molar-refractivity contribution is 5.31. The average molecular weight is 401 g/mol. The molecule has 0 saturated heterocycles. The van der Waals surface area contributed by atoms with Gasteiger partial charge in [-0.3, -0.25) is 4.90 Å². The van der Waals surface area contributed by atoms with Gasteiger partial charge in [0.25, 0.3) is 0 Å². The third-order valence-electron chi connectivity index (χ3n) is 5.25. The van der Waals surface area contributed by atoms with Crippen LogP contribution in [0.3, 0.4) is 0 Å². The van der Waals surface area contributed by atoms with Crippen molar-refractivity contribution in [2.24, 2.45) is 0 Å². The molecule has 0 heterocycles. The maximum atomic E-state index is 10.7. The number of nitriles is 1. The Morgan fingerprint density at radius 3 is 1.70 bits per heavy atom. The van der Waals surface area contributed by atoms with E-state index in [9.17, 15) is 10.2 Å². The molecular weight excluding hydrogens is 372 g/mol. The first-order chi connectivity index (χ1) is 14.7. The summed E-state index contributed by atoms with van der Waals surface area (Å²) in [5, 5.41) is 30.3. The lowest BCUT2D eigenvalue weighted by molar-refractivity contribution is 0.0682. The number of hydrogen-bond donors (Lipinski definition) is 2. The lowest BCUT2D eigenvalue weighted by atomic mass is 10.1. The summed E-state index contributed by atoms with van der Waals surface area (Å²) in [6.45, 7) is 1.68. The van der Waals surface area contributed by atoms with Crippen LogP contribution < -0.4 is 0 Å². The normalized spacial score (nSPS) is 13.0. The summed E-state index contributed by atoms with van der Waals surface area (Å²) in [7, 11) is 0. The van der Waals surface area contributed by atoms with Crippen molar-refractivity contribution in [3.8, 4) is 6.07 Å². The molecule has 0 aliphatic rings. The molecule has 0 bridgehead atoms. The highest BCUT2D eigenvalue weighted by Gasteiger charge is 2.17. The zero-order valence-corrected chi connectivity index (χ0v) is 17.1. The first-order valence-corrected chi connectivity index (χ1v) is 10.3. The maximum absolute atomic E-state index is 10.7. The summed E-state index contributed by atoms with van der Waals surface area (Å²) in [5.41, 5.74) is 3.60. The number of benzene rings is 3. The van der Waals surface area contributed by atoms with E-state index in [1.165, 1.54) is 5.56 Å². The van der Waals surface area contributed by atoms with Crippen LogP contribution in [-0.4, -0.2) is 34.7 Å². The molecule has 4 heteroatoms. The van der Waals surface area contributed by atoms with Gasteiger partial charge in [0.15, 0.2) is 0 Å². The molecule has 0 fully saturated rings. The molecule has 154 valence electrons. The standard InChI is InChI=1S/C26H28N2O2/c27-18-22-15-13-21(14-16-22)8-7-17-28(19-25(29)23-9-3-1-4-10-23)20-26(30)24-11-5-2-6-12-24/h1-6,9-16,25-26,29-30H,7-8,17,19-20H2/t25-,26-/m1/s1. The minimum atomic E-state index is -0.607. The number of rotatable bonds is 10. The Bertz CT molecular complexity index is 873. The van der Waals surface area contributed by atoms with E-state index < -0.39 is 12.2 Å². The Morgan fingerprint density at radius 2 is 1.23 bits per heavy atom. The first kappa shape index (κ1) is 21.7. The molecule has 3 aromatic rings. The molecule has 3 rings (SSSR count). The smallest absolute Gasteiger partial charge is 0.0991 e. The predicted molar refractivity (Wildman–Crippen MR) is 119 cm³/mol. The molecule has 0 amide bonds. The van der Waals surface area contributed by atoms with Gasteiger partial charge < -0.3 is 10.2 Å². The van der Waals surface area contributed by atoms with Crippen LogP contribution in [0, 0.1) is 11.3 Å². The fourth-order valence-corrected chi connectivity index (χ4v) is 3.56. The van der Waals surface area contributed by atoms with Crippen molar-refractivity contribution in [3.63, 3.8) is 0 Å². The van der Waals surface area contributed by atoms with Gasteiger partial charge in [0.1, 0.15) is 0 Å². The Labute approximate surface area is 178 Å². The highest BCUT2D eigenvalue weighted by atomic mass is 16.3. The zero-order valence-electron chi connectivity index (χ0n) is 17.1. The maximum Gasteiger partial charge on any atom is 0.0991 e. The summed E-state index contributed by atoms with van der Waals surface area (Å²) in [6.07, 6.45) is 0.563. The van der Waals surface area contributed by atoms with E-state index in [1.54, 1.807) is 0 Å². The first-order valence-electron chi connectivity index (χ1n) is 10.3. The number of nitrogens with zero attached hydrogens (tertiary/aromatic N) is 2. The van der Waals surface area contributed by atoms with E-state index in [0.29, 0.717) is 18.7 Å². The summed E-state index contributed by atoms with van der Waals surface area (Å²) >= 11 is 0. The molecule has 0 radical (unpaired) electrons. The average Bonchev–Trinajstić information content (AvgIpc) is 2.80. The van der Waals surface area contributed by atoms with Gasteiger partial charge in [-0.25, -0.2) is 0 Å². The molecule has 30 heavy (non-hydrogen) atoms. The van der Waals surface area contributed by atoms with E-state index in [-0.39, 0.29) is 0 Å². The molecule has 0 saturated carbocycles. The van der Waals surface area contributed by atoms with Gasteiger partial charge in [-0.05, 0) is 48.2 Å². The van der Waals surface area contributed by atoms with Crippen LogP contribution in [-0.2, 0) is 6.42 Å². The monoisotopic (exact) mass is 400 g/mol. The third kappa shape index (κ3) is 6.53. The lowest BCUT2D eigenvalue weighted by Gasteiger charge is -2.27. The van der Waals surface area contributed by atoms with Crippen molar-refractivity contribution >= 4 is 0 Å². The largest absolute Gasteiger partial charge is 0.387 e. The topological polar surface area (TPSA) is 67.5 Å². The lowest BCUT2D eigenvalue weighted by Crippen LogP contribution is -2.34. The number of hydrogen-bond acceptors (Lipinski definition) is 4. The molecule has 0 aliphatic heterocycles. The molecular formula is C26H28N2O2. The van der Waals surface area contributed by atoms with Crippen LogP contribution in [0.1, 0.15) is 40.9 Å². The Morgan fingerprint density at radius 1 is 0.733 bits per heavy atom. The summed E-state index contributed by atoms with van der Waals surface area (Å²) in [6, 6.07) is 29.0. The van der Waals surface area contributed by atoms with Gasteiger partial charge in [0, 0.05) is 13.1 Å². The molecule has 4 nitrogen and oxygen atoms in total. The van der Waals surface area contributed by atoms with Crippen molar-refractivity contribution < 1.29 is 10.2 Å². The van der Waals surface area contributed by atoms with E-state index in [0.717, 1.165) is 30.5 Å². The van der Waals surface area contributed by atoms with Gasteiger partial charge in [0.2, 0.25) is 0 Å². The van der Waals surface area contributed by atoms with E-state index in [2.05, 4.69) is 11.0 Å². The fraction of sp³-hybridized carbons (Fsp3) is 0.269. The van der Waals surface area contributed by atoms with Crippen LogP contribution in [0.25, 0.3) is 0 Å². The zero-order chi connectivity index (χ0) is 21.2. The van der Waals surface area contributed by atoms with Crippen LogP contribution in [0.5, 0.6) is 0 Å². The number of aliphatic hydroxyl groups excluding tert-OH is 2. The summed E-state index contributed by atoms with van der Waals surface area (Å²) < 4.78 is 0. The Hall–Kier alpha value is -2.97. The predicted octanol–water partition coefficient (Wildman–Crippen LogP) is 4.26. The quantitative estimate of drug-likeness (QED) is 0.534. The summed E-state index contributed by atoms with van der Waals surface area (Å²) in [5.74, 6) is 0. The van der Waals surface area contributed by atoms with Crippen molar-refractivity contribution in [2.45, 2.75) is 25.0 Å². The van der Waals surface area contributed by atoms with Crippen molar-refractivity contribution in [3.05, 3.63) is 107 Å². The van der Waals surface area contributed by atoms with Gasteiger partial charge in [-0.1, -0.05) is 72.8 Å². The third-order valence-corrected chi connectivity index (χ3v) is 5.25. The Balaban J connectivity index is 1.62. The van der Waals surface area contributed by atoms with Crippen LogP contribution >= 0.6 is 0 Å². The van der Waals surface area contributed by atoms with Crippen LogP contribution in [0.2, 0.25) is 0 Å². The van der Waals surface area contributed by atoms with Gasteiger partial charge >= 0.3 is 0 Å². The summed E-state index contributed by atoms with van der Waals surface area (Å²) in [4.78, 5) is 2.12. The number of aryl methyl sites for hydroxylation is 1. The van der Waals surface area contributed by atoms with Crippen molar-refractivity contribution in [2.75, 3.05) is 19.6 Å². The minimum Gasteiger partial charge on any atom is -0.387 e. The SMILES string of the molecule is N#Cc1ccc(CCCN(C[C@@H](O)c2ccccc2)C[C@@H](O)c2ccccc2)cc1. The second-order valence-corrected chi connectivity index (χ2v) is 7.52. The second kappa shape index (κ2) is 11.3. The molecule has 0 spiro atoms. The van der Waals surface area contributed by atoms with E-state index in [4.69, 9.17) is 5.26 Å². The molecule has 2 atom stereocenters. The molecule has 0 aromatic heterocycles. The van der Waals surface area contributed by atoms with Crippen LogP contribution in [0.15, 0.2) is 84.9 Å². The molecule has 0 aliphatic carbocycles. The molecule has 0 unspecified atom stereocenters. The molecule has 2 N–H and O–H groups in total. The van der Waals surface area contributed by atoms with E-state index >= 15 is 0 Å². The second-order valence-electron chi connectivity index (χ2n) is 7.52. The van der Waals surface area contributed by atoms with Crippen LogP contribution in [0.4, 0.5) is 0 Å². The highest BCUT2D eigenvalue weighted by Crippen LogP contribution is 2.19. The Kier molecular flexibility index (Phi) is 8.17. The van der Waals surface area contributed by atoms with Gasteiger partial charge in [-0.15, -0.1) is 0 Å². The molecule has 3 aromatic carbocycles. The van der Waals surface area contributed by atoms with Crippen molar-refractivity contribution in [1.82, 2.24) is 4.90 Å². The van der Waals surface area contributed by atoms with Crippen molar-refractivity contribution in [1.29, 1.82) is 5.26 Å².